The van der Waals surface area contributed by atoms with Gasteiger partial charge in [0, 0.05) is 10.4 Å². The van der Waals surface area contributed by atoms with Crippen molar-refractivity contribution in [3.63, 3.8) is 0 Å². The Balaban J connectivity index is -0.0000000178. The minimum atomic E-state index is -5.17. The average Bonchev–Trinajstić information content (AvgIpc) is 1.72. The molecule has 0 aromatic heterocycles. The van der Waals surface area contributed by atoms with Crippen LogP contribution in [0.5, 0.6) is 0 Å². The molecular weight excluding hydrogens is 268 g/mol. The molecule has 0 saturated heterocycles. The fourth-order valence-corrected chi connectivity index (χ4v) is 0. The zero-order chi connectivity index (χ0) is 8.50. The average molecular weight is 268 g/mol. The Bertz CT molecular complexity index is 122. The molecule has 0 aliphatic rings. The van der Waals surface area contributed by atoms with E-state index in [1.165, 1.54) is 0 Å². The number of nitrogens with zero attached hydrogens (tertiary/aromatic N) is 2. The van der Waals surface area contributed by atoms with E-state index in [1.807, 2.05) is 0 Å². The summed E-state index contributed by atoms with van der Waals surface area (Å²) in [5.74, 6) is 0. The first kappa shape index (κ1) is 30.4. The molecule has 0 bridgehead atoms. The van der Waals surface area contributed by atoms with Crippen LogP contribution in [-0.2, 0) is 44.5 Å². The van der Waals surface area contributed by atoms with Gasteiger partial charge in [-0.05, 0) is 0 Å². The summed E-state index contributed by atoms with van der Waals surface area (Å²) in [6.45, 7) is 0. The van der Waals surface area contributed by atoms with Crippen molar-refractivity contribution >= 4 is 10.4 Å². The van der Waals surface area contributed by atoms with Crippen LogP contribution in [0.1, 0.15) is 0 Å². The van der Waals surface area contributed by atoms with Gasteiger partial charge in [0.2, 0.25) is 0 Å². The Labute approximate surface area is 83.2 Å². The van der Waals surface area contributed by atoms with Crippen molar-refractivity contribution in [2.45, 2.75) is 0 Å². The Morgan fingerprint density at radius 3 is 0.818 bits per heavy atom. The van der Waals surface area contributed by atoms with E-state index in [9.17, 15) is 0 Å². The maximum Gasteiger partial charge on any atom is 2.00 e. The van der Waals surface area contributed by atoms with Crippen LogP contribution in [-0.4, -0.2) is 17.5 Å². The van der Waals surface area contributed by atoms with Gasteiger partial charge in [-0.2, -0.15) is 0 Å². The predicted molar refractivity (Wildman–Crippen MR) is 23.9 cm³/mol. The van der Waals surface area contributed by atoms with E-state index in [2.05, 4.69) is 0 Å². The molecule has 68 valence electrons. The molecule has 0 amide bonds. The topological polar surface area (TPSA) is 159 Å². The van der Waals surface area contributed by atoms with Crippen LogP contribution >= 0.6 is 0 Å². The standard InChI is InChI=1S/2Fe.2NO.H2O4S/c;;2*1-2;1-5(2,3)4/h;;;;(H2,1,2,3,4)/q2*+2;2*-1;/p-2. The van der Waals surface area contributed by atoms with Crippen LogP contribution in [0.25, 0.3) is 11.2 Å². The largest absolute Gasteiger partial charge is 2.00 e. The summed E-state index contributed by atoms with van der Waals surface area (Å²) in [6.07, 6.45) is 0. The fourth-order valence-electron chi connectivity index (χ4n) is 0. The Morgan fingerprint density at radius 1 is 0.818 bits per heavy atom. The first-order chi connectivity index (χ1) is 4.00. The molecule has 0 aliphatic carbocycles. The number of rotatable bonds is 0. The van der Waals surface area contributed by atoms with Crippen LogP contribution < -0.4 is 0 Å². The zero-order valence-corrected chi connectivity index (χ0v) is 7.48. The van der Waals surface area contributed by atoms with Gasteiger partial charge in [-0.1, -0.05) is 0 Å². The molecule has 0 aromatic carbocycles. The molecule has 0 aromatic rings. The van der Waals surface area contributed by atoms with Crippen LogP contribution in [0, 0.1) is 9.81 Å². The van der Waals surface area contributed by atoms with E-state index >= 15 is 0 Å². The minimum Gasteiger partial charge on any atom is -0.759 e. The third-order valence-corrected chi connectivity index (χ3v) is 0. The molecular formula is Fe2N2O6S. The molecule has 0 unspecified atom stereocenters. The van der Waals surface area contributed by atoms with E-state index in [0.717, 1.165) is 0 Å². The van der Waals surface area contributed by atoms with Crippen LogP contribution in [0.2, 0.25) is 0 Å². The van der Waals surface area contributed by atoms with Crippen molar-refractivity contribution in [1.82, 2.24) is 0 Å². The molecule has 0 rings (SSSR count). The first-order valence-electron chi connectivity index (χ1n) is 1.03. The van der Waals surface area contributed by atoms with Gasteiger partial charge >= 0.3 is 34.1 Å². The summed E-state index contributed by atoms with van der Waals surface area (Å²) in [5.41, 5.74) is 11.5. The Hall–Kier alpha value is 0.109. The van der Waals surface area contributed by atoms with Gasteiger partial charge in [-0.15, -0.1) is 0 Å². The molecule has 0 atom stereocenters. The van der Waals surface area contributed by atoms with E-state index in [-0.39, 0.29) is 34.1 Å². The first-order valence-corrected chi connectivity index (χ1v) is 2.37. The molecule has 0 aliphatic heterocycles. The summed E-state index contributed by atoms with van der Waals surface area (Å²) < 4.78 is 34.1. The summed E-state index contributed by atoms with van der Waals surface area (Å²) >= 11 is 0. The quantitative estimate of drug-likeness (QED) is 0.320. The third-order valence-electron chi connectivity index (χ3n) is 0. The van der Waals surface area contributed by atoms with Gasteiger partial charge in [-0.3, -0.25) is 8.42 Å². The number of hydrogen-bond donors (Lipinski definition) is 0. The van der Waals surface area contributed by atoms with Crippen LogP contribution in [0.3, 0.4) is 0 Å². The monoisotopic (exact) mass is 268 g/mol. The summed E-state index contributed by atoms with van der Waals surface area (Å²) in [4.78, 5) is 14.5. The van der Waals surface area contributed by atoms with Crippen LogP contribution in [0.4, 0.5) is 0 Å². The maximum absolute atomic E-state index is 8.52. The predicted octanol–water partition coefficient (Wildman–Crippen LogP) is -0.699. The molecule has 0 N–H and O–H groups in total. The van der Waals surface area contributed by atoms with Gasteiger partial charge in [-0.25, -0.2) is 0 Å². The Morgan fingerprint density at radius 2 is 0.818 bits per heavy atom. The summed E-state index contributed by atoms with van der Waals surface area (Å²) in [5, 5.41) is 0. The van der Waals surface area contributed by atoms with Gasteiger partial charge < -0.3 is 30.1 Å². The summed E-state index contributed by atoms with van der Waals surface area (Å²) in [6, 6.07) is 0. The van der Waals surface area contributed by atoms with E-state index in [0.29, 0.717) is 0 Å². The third kappa shape index (κ3) is 56000. The second-order valence-corrected chi connectivity index (χ2v) is 1.22. The van der Waals surface area contributed by atoms with Crippen LogP contribution in [0.15, 0.2) is 0 Å². The van der Waals surface area contributed by atoms with Crippen molar-refractivity contribution in [3.8, 4) is 0 Å². The van der Waals surface area contributed by atoms with E-state index in [1.54, 1.807) is 0 Å². The second-order valence-electron chi connectivity index (χ2n) is 0.408. The van der Waals surface area contributed by atoms with E-state index in [4.69, 9.17) is 38.5 Å². The fraction of sp³-hybridized carbons (Fsp3) is 0. The molecule has 11 heavy (non-hydrogen) atoms. The number of nitroso groups, excluding NO2 is 2. The molecule has 0 saturated carbocycles. The van der Waals surface area contributed by atoms with Crippen molar-refractivity contribution in [2.75, 3.05) is 0 Å². The normalized spacial score (nSPS) is 6.00. The Kier molecular flexibility index (Phi) is 62.2. The molecule has 8 nitrogen and oxygen atoms in total. The molecule has 0 fully saturated rings. The summed E-state index contributed by atoms with van der Waals surface area (Å²) in [7, 11) is -5.17. The minimum absolute atomic E-state index is 0. The van der Waals surface area contributed by atoms with Gasteiger partial charge in [0.1, 0.15) is 0 Å². The van der Waals surface area contributed by atoms with Crippen molar-refractivity contribution < 1.29 is 51.7 Å². The number of hydrogen-bond acceptors (Lipinski definition) is 6. The maximum atomic E-state index is 8.52. The van der Waals surface area contributed by atoms with E-state index < -0.39 is 10.4 Å². The molecule has 11 heteroatoms. The van der Waals surface area contributed by atoms with Gasteiger partial charge in [0.15, 0.2) is 0 Å². The zero-order valence-electron chi connectivity index (χ0n) is 4.46. The van der Waals surface area contributed by atoms with Gasteiger partial charge in [0.05, 0.1) is 0 Å². The molecule has 0 spiro atoms. The van der Waals surface area contributed by atoms with Crippen molar-refractivity contribution in [2.24, 2.45) is 0 Å². The van der Waals surface area contributed by atoms with Crippen molar-refractivity contribution in [1.29, 1.82) is 0 Å². The second kappa shape index (κ2) is 22.5. The SMILES string of the molecule is O=S(=O)([O-])[O-].[Fe+2].[Fe+2].[N-]=O.[N-]=O. The van der Waals surface area contributed by atoms with Crippen molar-refractivity contribution in [3.05, 3.63) is 21.0 Å². The molecule has 0 heterocycles. The van der Waals surface area contributed by atoms with Gasteiger partial charge in [0.25, 0.3) is 0 Å². The molecule has 0 radical (unpaired) electrons. The smallest absolute Gasteiger partial charge is 0.759 e.